The van der Waals surface area contributed by atoms with E-state index in [0.29, 0.717) is 12.6 Å². The van der Waals surface area contributed by atoms with Crippen LogP contribution in [0.25, 0.3) is 0 Å². The van der Waals surface area contributed by atoms with Crippen LogP contribution in [0.4, 0.5) is 0 Å². The summed E-state index contributed by atoms with van der Waals surface area (Å²) >= 11 is 3.62. The first-order valence-corrected chi connectivity index (χ1v) is 8.60. The molecule has 118 valence electrons. The van der Waals surface area contributed by atoms with E-state index in [-0.39, 0.29) is 5.41 Å². The number of nitrogens with one attached hydrogen (secondary N) is 1. The lowest BCUT2D eigenvalue weighted by molar-refractivity contribution is 0.0836. The monoisotopic (exact) mass is 354 g/mol. The first kappa shape index (κ1) is 16.8. The number of piperazine rings is 1. The molecule has 0 aliphatic carbocycles. The molecule has 0 bridgehead atoms. The minimum Gasteiger partial charge on any atom is -0.494 e. The van der Waals surface area contributed by atoms with Crippen LogP contribution < -0.4 is 10.1 Å². The van der Waals surface area contributed by atoms with Gasteiger partial charge in [-0.1, -0.05) is 36.7 Å². The molecule has 0 amide bonds. The number of nitrogens with zero attached hydrogens (tertiary/aromatic N) is 1. The normalized spacial score (nSPS) is 18.5. The van der Waals surface area contributed by atoms with E-state index in [9.17, 15) is 0 Å². The molecule has 0 radical (unpaired) electrons. The Hall–Kier alpha value is -0.580. The largest absolute Gasteiger partial charge is 0.494 e. The van der Waals surface area contributed by atoms with Gasteiger partial charge in [0.25, 0.3) is 0 Å². The van der Waals surface area contributed by atoms with Gasteiger partial charge in [0.15, 0.2) is 0 Å². The van der Waals surface area contributed by atoms with Crippen LogP contribution in [0.3, 0.4) is 0 Å². The van der Waals surface area contributed by atoms with Crippen molar-refractivity contribution in [2.24, 2.45) is 5.41 Å². The van der Waals surface area contributed by atoms with Crippen molar-refractivity contribution in [3.8, 4) is 5.75 Å². The molecular weight excluding hydrogens is 328 g/mol. The second kappa shape index (κ2) is 7.12. The van der Waals surface area contributed by atoms with Gasteiger partial charge in [0, 0.05) is 42.3 Å². The lowest BCUT2D eigenvalue weighted by Crippen LogP contribution is -2.48. The highest BCUT2D eigenvalue weighted by Crippen LogP contribution is 2.42. The molecule has 1 heterocycles. The molecule has 0 unspecified atom stereocenters. The van der Waals surface area contributed by atoms with E-state index in [2.05, 4.69) is 65.1 Å². The van der Waals surface area contributed by atoms with Gasteiger partial charge in [-0.2, -0.15) is 0 Å². The van der Waals surface area contributed by atoms with Gasteiger partial charge in [0.2, 0.25) is 0 Å². The Kier molecular flexibility index (Phi) is 5.69. The molecule has 4 heteroatoms. The molecule has 2 rings (SSSR count). The fraction of sp³-hybridized carbons (Fsp3) is 0.647. The van der Waals surface area contributed by atoms with Crippen LogP contribution in [0.5, 0.6) is 5.75 Å². The maximum Gasteiger partial charge on any atom is 0.124 e. The molecule has 0 spiro atoms. The Morgan fingerprint density at radius 1 is 1.29 bits per heavy atom. The van der Waals surface area contributed by atoms with Gasteiger partial charge in [-0.25, -0.2) is 0 Å². The van der Waals surface area contributed by atoms with Gasteiger partial charge < -0.3 is 10.1 Å². The van der Waals surface area contributed by atoms with E-state index in [1.54, 1.807) is 0 Å². The minimum absolute atomic E-state index is 0.157. The van der Waals surface area contributed by atoms with Crippen molar-refractivity contribution < 1.29 is 4.74 Å². The number of ether oxygens (including phenoxy) is 1. The lowest BCUT2D eigenvalue weighted by Gasteiger charge is -2.43. The molecular formula is C17H27BrN2O. The maximum atomic E-state index is 5.90. The van der Waals surface area contributed by atoms with Crippen LogP contribution in [0.2, 0.25) is 0 Å². The molecule has 1 aromatic rings. The average Bonchev–Trinajstić information content (AvgIpc) is 2.42. The third kappa shape index (κ3) is 4.21. The molecule has 1 aromatic carbocycles. The van der Waals surface area contributed by atoms with Crippen molar-refractivity contribution in [2.75, 3.05) is 32.8 Å². The number of hydrogen-bond acceptors (Lipinski definition) is 3. The summed E-state index contributed by atoms with van der Waals surface area (Å²) in [7, 11) is 0. The Bertz CT molecular complexity index is 464. The van der Waals surface area contributed by atoms with E-state index < -0.39 is 0 Å². The smallest absolute Gasteiger partial charge is 0.124 e. The Balaban J connectivity index is 2.42. The van der Waals surface area contributed by atoms with Crippen molar-refractivity contribution in [2.45, 2.75) is 33.7 Å². The predicted octanol–water partition coefficient (Wildman–Crippen LogP) is 3.84. The summed E-state index contributed by atoms with van der Waals surface area (Å²) in [4.78, 5) is 2.58. The summed E-state index contributed by atoms with van der Waals surface area (Å²) < 4.78 is 7.01. The predicted molar refractivity (Wildman–Crippen MR) is 91.9 cm³/mol. The number of benzene rings is 1. The highest BCUT2D eigenvalue weighted by molar-refractivity contribution is 9.10. The topological polar surface area (TPSA) is 24.5 Å². The molecule has 1 aliphatic heterocycles. The van der Waals surface area contributed by atoms with E-state index in [1.165, 1.54) is 5.56 Å². The highest BCUT2D eigenvalue weighted by Gasteiger charge is 2.34. The van der Waals surface area contributed by atoms with Gasteiger partial charge in [-0.05, 0) is 30.5 Å². The zero-order valence-corrected chi connectivity index (χ0v) is 15.2. The van der Waals surface area contributed by atoms with Crippen LogP contribution in [0.15, 0.2) is 22.7 Å². The van der Waals surface area contributed by atoms with Crippen LogP contribution in [-0.4, -0.2) is 37.7 Å². The molecule has 21 heavy (non-hydrogen) atoms. The standard InChI is InChI=1S/C17H27BrN2O/c1-5-21-15-7-6-13(18)12-14(15)16(17(2,3)4)20-10-8-19-9-11-20/h6-7,12,16,19H,5,8-11H2,1-4H3/t16-/m1/s1. The quantitative estimate of drug-likeness (QED) is 0.888. The molecule has 0 aromatic heterocycles. The zero-order chi connectivity index (χ0) is 15.5. The Labute approximate surface area is 137 Å². The number of halogens is 1. The SMILES string of the molecule is CCOc1ccc(Br)cc1[C@@H](N1CCNCC1)C(C)(C)C. The van der Waals surface area contributed by atoms with Crippen LogP contribution >= 0.6 is 15.9 Å². The van der Waals surface area contributed by atoms with E-state index in [1.807, 2.05) is 6.92 Å². The summed E-state index contributed by atoms with van der Waals surface area (Å²) in [5, 5.41) is 3.44. The summed E-state index contributed by atoms with van der Waals surface area (Å²) in [6.45, 7) is 14.0. The molecule has 1 N–H and O–H groups in total. The van der Waals surface area contributed by atoms with Crippen molar-refractivity contribution in [1.82, 2.24) is 10.2 Å². The van der Waals surface area contributed by atoms with E-state index >= 15 is 0 Å². The van der Waals surface area contributed by atoms with Gasteiger partial charge >= 0.3 is 0 Å². The van der Waals surface area contributed by atoms with E-state index in [4.69, 9.17) is 4.74 Å². The van der Waals surface area contributed by atoms with Gasteiger partial charge in [-0.15, -0.1) is 0 Å². The lowest BCUT2D eigenvalue weighted by atomic mass is 9.80. The third-order valence-electron chi connectivity index (χ3n) is 3.90. The maximum absolute atomic E-state index is 5.90. The molecule has 3 nitrogen and oxygen atoms in total. The number of rotatable bonds is 4. The summed E-state index contributed by atoms with van der Waals surface area (Å²) in [6, 6.07) is 6.73. The van der Waals surface area contributed by atoms with Crippen LogP contribution in [0, 0.1) is 5.41 Å². The first-order chi connectivity index (χ1) is 9.93. The zero-order valence-electron chi connectivity index (χ0n) is 13.6. The third-order valence-corrected chi connectivity index (χ3v) is 4.40. The van der Waals surface area contributed by atoms with E-state index in [0.717, 1.165) is 36.4 Å². The highest BCUT2D eigenvalue weighted by atomic mass is 79.9. The molecule has 1 aliphatic rings. The van der Waals surface area contributed by atoms with Crippen molar-refractivity contribution in [3.05, 3.63) is 28.2 Å². The van der Waals surface area contributed by atoms with Crippen molar-refractivity contribution in [3.63, 3.8) is 0 Å². The Morgan fingerprint density at radius 3 is 2.52 bits per heavy atom. The fourth-order valence-corrected chi connectivity index (χ4v) is 3.55. The fourth-order valence-electron chi connectivity index (χ4n) is 3.17. The van der Waals surface area contributed by atoms with Crippen molar-refractivity contribution >= 4 is 15.9 Å². The van der Waals surface area contributed by atoms with Crippen molar-refractivity contribution in [1.29, 1.82) is 0 Å². The molecule has 1 saturated heterocycles. The summed E-state index contributed by atoms with van der Waals surface area (Å²) in [5.74, 6) is 1.01. The minimum atomic E-state index is 0.157. The average molecular weight is 355 g/mol. The van der Waals surface area contributed by atoms with Crippen LogP contribution in [0.1, 0.15) is 39.3 Å². The summed E-state index contributed by atoms with van der Waals surface area (Å²) in [6.07, 6.45) is 0. The van der Waals surface area contributed by atoms with Gasteiger partial charge in [0.05, 0.1) is 6.61 Å². The summed E-state index contributed by atoms with van der Waals surface area (Å²) in [5.41, 5.74) is 1.45. The second-order valence-corrected chi connectivity index (χ2v) is 7.59. The second-order valence-electron chi connectivity index (χ2n) is 6.67. The molecule has 1 fully saturated rings. The van der Waals surface area contributed by atoms with Crippen LogP contribution in [-0.2, 0) is 0 Å². The van der Waals surface area contributed by atoms with Gasteiger partial charge in [0.1, 0.15) is 5.75 Å². The molecule has 0 saturated carbocycles. The Morgan fingerprint density at radius 2 is 1.95 bits per heavy atom. The first-order valence-electron chi connectivity index (χ1n) is 7.80. The molecule has 1 atom stereocenters. The van der Waals surface area contributed by atoms with Gasteiger partial charge in [-0.3, -0.25) is 4.90 Å². The number of hydrogen-bond donors (Lipinski definition) is 1.